The minimum absolute atomic E-state index is 0.226. The van der Waals surface area contributed by atoms with Crippen molar-refractivity contribution in [2.45, 2.75) is 20.3 Å². The third-order valence-electron chi connectivity index (χ3n) is 5.31. The van der Waals surface area contributed by atoms with E-state index in [4.69, 9.17) is 9.47 Å². The van der Waals surface area contributed by atoms with Crippen LogP contribution in [0.3, 0.4) is 0 Å². The van der Waals surface area contributed by atoms with Crippen molar-refractivity contribution >= 4 is 23.8 Å². The molecule has 4 amide bonds. The summed E-state index contributed by atoms with van der Waals surface area (Å²) in [4.78, 5) is 54.6. The molecule has 0 atom stereocenters. The van der Waals surface area contributed by atoms with Crippen molar-refractivity contribution < 1.29 is 28.7 Å². The summed E-state index contributed by atoms with van der Waals surface area (Å²) >= 11 is 0. The number of amides is 4. The molecule has 0 radical (unpaired) electrons. The summed E-state index contributed by atoms with van der Waals surface area (Å²) in [6.07, 6.45) is 0.188. The van der Waals surface area contributed by atoms with E-state index in [0.29, 0.717) is 56.9 Å². The molecule has 1 fully saturated rings. The van der Waals surface area contributed by atoms with Gasteiger partial charge in [-0.3, -0.25) is 19.3 Å². The third-order valence-corrected chi connectivity index (χ3v) is 5.31. The smallest absolute Gasteiger partial charge is 0.409 e. The molecule has 0 saturated carbocycles. The average Bonchev–Trinajstić information content (AvgIpc) is 3.01. The van der Waals surface area contributed by atoms with Crippen LogP contribution in [-0.2, 0) is 9.47 Å². The number of hydrogen-bond donors (Lipinski definition) is 0. The number of imide groups is 1. The molecule has 0 aromatic heterocycles. The Balaban J connectivity index is 1.61. The number of piperazine rings is 1. The molecule has 1 saturated heterocycles. The van der Waals surface area contributed by atoms with Gasteiger partial charge in [-0.05, 0) is 30.5 Å². The molecule has 0 bridgehead atoms. The second-order valence-corrected chi connectivity index (χ2v) is 8.12. The summed E-state index contributed by atoms with van der Waals surface area (Å²) in [5, 5.41) is 0. The maximum atomic E-state index is 12.9. The van der Waals surface area contributed by atoms with Gasteiger partial charge in [-0.25, -0.2) is 4.79 Å². The molecule has 2 aliphatic heterocycles. The van der Waals surface area contributed by atoms with E-state index in [1.54, 1.807) is 29.0 Å². The van der Waals surface area contributed by atoms with E-state index in [1.807, 2.05) is 13.8 Å². The summed E-state index contributed by atoms with van der Waals surface area (Å²) in [7, 11) is 1.56. The van der Waals surface area contributed by atoms with E-state index < -0.39 is 0 Å². The Morgan fingerprint density at radius 2 is 1.65 bits per heavy atom. The van der Waals surface area contributed by atoms with Crippen LogP contribution >= 0.6 is 0 Å². The van der Waals surface area contributed by atoms with Crippen molar-refractivity contribution in [2.24, 2.45) is 5.92 Å². The molecular weight excluding hydrogens is 402 g/mol. The highest BCUT2D eigenvalue weighted by Crippen LogP contribution is 2.25. The Morgan fingerprint density at radius 1 is 1.00 bits per heavy atom. The number of nitrogens with zero attached hydrogens (tertiary/aromatic N) is 3. The van der Waals surface area contributed by atoms with Crippen LogP contribution in [0.15, 0.2) is 18.2 Å². The van der Waals surface area contributed by atoms with Gasteiger partial charge in [-0.1, -0.05) is 13.8 Å². The molecule has 2 aliphatic rings. The molecule has 1 aromatic rings. The van der Waals surface area contributed by atoms with Crippen molar-refractivity contribution in [2.75, 3.05) is 53.0 Å². The lowest BCUT2D eigenvalue weighted by Crippen LogP contribution is -2.50. The first-order valence-corrected chi connectivity index (χ1v) is 10.5. The largest absolute Gasteiger partial charge is 0.449 e. The molecule has 0 unspecified atom stereocenters. The zero-order chi connectivity index (χ0) is 22.5. The van der Waals surface area contributed by atoms with Gasteiger partial charge >= 0.3 is 6.09 Å². The molecule has 168 valence electrons. The predicted octanol–water partition coefficient (Wildman–Crippen LogP) is 1.87. The Kier molecular flexibility index (Phi) is 7.27. The van der Waals surface area contributed by atoms with Crippen LogP contribution in [-0.4, -0.2) is 91.6 Å². The van der Waals surface area contributed by atoms with E-state index in [9.17, 15) is 19.2 Å². The van der Waals surface area contributed by atoms with Crippen molar-refractivity contribution in [3.8, 4) is 0 Å². The number of fused-ring (bicyclic) bond motifs is 1. The van der Waals surface area contributed by atoms with Crippen LogP contribution in [0.25, 0.3) is 0 Å². The SMILES string of the molecule is COCCCN1C(=O)c2ccc(C(=O)N3CCN(C(=O)OCC(C)C)CC3)cc2C1=O. The molecule has 1 aromatic carbocycles. The quantitative estimate of drug-likeness (QED) is 0.483. The number of hydrogen-bond acceptors (Lipinski definition) is 6. The van der Waals surface area contributed by atoms with Crippen molar-refractivity contribution in [1.29, 1.82) is 0 Å². The highest BCUT2D eigenvalue weighted by molar-refractivity contribution is 6.22. The number of methoxy groups -OCH3 is 1. The van der Waals surface area contributed by atoms with E-state index in [0.717, 1.165) is 0 Å². The van der Waals surface area contributed by atoms with Crippen LogP contribution in [0.4, 0.5) is 4.79 Å². The van der Waals surface area contributed by atoms with E-state index in [-0.39, 0.29) is 41.8 Å². The van der Waals surface area contributed by atoms with Gasteiger partial charge in [-0.15, -0.1) is 0 Å². The van der Waals surface area contributed by atoms with E-state index in [1.165, 1.54) is 11.0 Å². The lowest BCUT2D eigenvalue weighted by Gasteiger charge is -2.34. The zero-order valence-corrected chi connectivity index (χ0v) is 18.3. The van der Waals surface area contributed by atoms with Crippen LogP contribution in [0.1, 0.15) is 51.3 Å². The fourth-order valence-corrected chi connectivity index (χ4v) is 3.60. The summed E-state index contributed by atoms with van der Waals surface area (Å²) < 4.78 is 10.2. The minimum Gasteiger partial charge on any atom is -0.449 e. The van der Waals surface area contributed by atoms with Gasteiger partial charge in [0, 0.05) is 52.0 Å². The number of ether oxygens (including phenoxy) is 2. The van der Waals surface area contributed by atoms with Crippen LogP contribution in [0.5, 0.6) is 0 Å². The number of carbonyl (C=O) groups excluding carboxylic acids is 4. The van der Waals surface area contributed by atoms with Gasteiger partial charge in [0.2, 0.25) is 0 Å². The van der Waals surface area contributed by atoms with Gasteiger partial charge in [0.05, 0.1) is 17.7 Å². The monoisotopic (exact) mass is 431 g/mol. The normalized spacial score (nSPS) is 16.2. The Bertz CT molecular complexity index is 861. The van der Waals surface area contributed by atoms with Crippen LogP contribution in [0.2, 0.25) is 0 Å². The number of carbonyl (C=O) groups is 4. The van der Waals surface area contributed by atoms with E-state index in [2.05, 4.69) is 0 Å². The lowest BCUT2D eigenvalue weighted by atomic mass is 10.0. The van der Waals surface area contributed by atoms with Crippen molar-refractivity contribution in [3.05, 3.63) is 34.9 Å². The Morgan fingerprint density at radius 3 is 2.29 bits per heavy atom. The summed E-state index contributed by atoms with van der Waals surface area (Å²) in [6.45, 7) is 6.56. The van der Waals surface area contributed by atoms with Gasteiger partial charge in [0.25, 0.3) is 17.7 Å². The topological polar surface area (TPSA) is 96.5 Å². The lowest BCUT2D eigenvalue weighted by molar-refractivity contribution is 0.0535. The molecule has 31 heavy (non-hydrogen) atoms. The third kappa shape index (κ3) is 5.04. The predicted molar refractivity (Wildman–Crippen MR) is 112 cm³/mol. The fraction of sp³-hybridized carbons (Fsp3) is 0.545. The van der Waals surface area contributed by atoms with Crippen LogP contribution in [0, 0.1) is 5.92 Å². The van der Waals surface area contributed by atoms with Gasteiger partial charge in [-0.2, -0.15) is 0 Å². The fourth-order valence-electron chi connectivity index (χ4n) is 3.60. The van der Waals surface area contributed by atoms with Gasteiger partial charge < -0.3 is 19.3 Å². The molecule has 3 rings (SSSR count). The average molecular weight is 431 g/mol. The zero-order valence-electron chi connectivity index (χ0n) is 18.3. The maximum absolute atomic E-state index is 12.9. The first-order valence-electron chi connectivity index (χ1n) is 10.5. The molecule has 0 spiro atoms. The second kappa shape index (κ2) is 9.91. The second-order valence-electron chi connectivity index (χ2n) is 8.12. The minimum atomic E-state index is -0.386. The molecule has 2 heterocycles. The number of benzene rings is 1. The molecule has 9 nitrogen and oxygen atoms in total. The highest BCUT2D eigenvalue weighted by Gasteiger charge is 2.36. The van der Waals surface area contributed by atoms with Crippen molar-refractivity contribution in [1.82, 2.24) is 14.7 Å². The standard InChI is InChI=1S/C22H29N3O6/c1-15(2)14-31-22(29)24-10-8-23(9-11-24)19(26)16-5-6-17-18(13-16)21(28)25(20(17)27)7-4-12-30-3/h5-6,13,15H,4,7-12,14H2,1-3H3. The highest BCUT2D eigenvalue weighted by atomic mass is 16.6. The van der Waals surface area contributed by atoms with E-state index >= 15 is 0 Å². The molecule has 0 N–H and O–H groups in total. The molecular formula is C22H29N3O6. The number of rotatable bonds is 7. The van der Waals surface area contributed by atoms with Gasteiger partial charge in [0.15, 0.2) is 0 Å². The first kappa shape index (κ1) is 22.7. The van der Waals surface area contributed by atoms with Crippen LogP contribution < -0.4 is 0 Å². The van der Waals surface area contributed by atoms with Gasteiger partial charge in [0.1, 0.15) is 0 Å². The summed E-state index contributed by atoms with van der Waals surface area (Å²) in [6, 6.07) is 4.62. The maximum Gasteiger partial charge on any atom is 0.409 e. The molecule has 0 aliphatic carbocycles. The van der Waals surface area contributed by atoms with Crippen molar-refractivity contribution in [3.63, 3.8) is 0 Å². The first-order chi connectivity index (χ1) is 14.8. The Labute approximate surface area is 181 Å². The Hall–Kier alpha value is -2.94. The summed E-state index contributed by atoms with van der Waals surface area (Å²) in [5.74, 6) is -0.694. The summed E-state index contributed by atoms with van der Waals surface area (Å²) in [5.41, 5.74) is 0.926. The molecule has 9 heteroatoms.